The van der Waals surface area contributed by atoms with Crippen LogP contribution in [0.25, 0.3) is 0 Å². The van der Waals surface area contributed by atoms with Crippen LogP contribution in [0.3, 0.4) is 0 Å². The summed E-state index contributed by atoms with van der Waals surface area (Å²) in [5.74, 6) is 3.30. The van der Waals surface area contributed by atoms with Crippen LogP contribution in [0.5, 0.6) is 0 Å². The summed E-state index contributed by atoms with van der Waals surface area (Å²) in [6, 6.07) is 35.8. The minimum Gasteiger partial charge on any atom is -0.412 e. The summed E-state index contributed by atoms with van der Waals surface area (Å²) in [6.07, 6.45) is 8.94. The van der Waals surface area contributed by atoms with Crippen molar-refractivity contribution < 1.29 is 76.9 Å². The van der Waals surface area contributed by atoms with E-state index in [0.717, 1.165) is 109 Å². The van der Waals surface area contributed by atoms with Gasteiger partial charge in [0.1, 0.15) is 31.2 Å². The van der Waals surface area contributed by atoms with Gasteiger partial charge in [-0.15, -0.1) is 12.6 Å². The van der Waals surface area contributed by atoms with Gasteiger partial charge in [0.05, 0.1) is 25.7 Å². The Morgan fingerprint density at radius 2 is 0.475 bits per heavy atom. The molecular formula is C96H162Cl2N10O8S4+8. The molecule has 0 aliphatic carbocycles. The molecule has 0 atom stereocenters. The molecule has 0 aliphatic rings. The molecule has 0 bridgehead atoms. The van der Waals surface area contributed by atoms with Crippen LogP contribution in [0.15, 0.2) is 97.1 Å². The normalized spacial score (nSPS) is 9.88. The van der Waals surface area contributed by atoms with E-state index in [0.29, 0.717) is 31.8 Å². The number of Topliss-reactive ketones (excluding diaryl/α,β-unsaturated/α-hetero) is 2. The van der Waals surface area contributed by atoms with Crippen LogP contribution in [-0.2, 0) is 121 Å². The molecule has 18 nitrogen and oxygen atoms in total. The number of nitrogens with zero attached hydrogens (tertiary/aromatic N) is 8. The summed E-state index contributed by atoms with van der Waals surface area (Å²) in [6.45, 7) is 65.7. The molecule has 24 heteroatoms. The van der Waals surface area contributed by atoms with Gasteiger partial charge in [0, 0.05) is 224 Å². The second-order valence-electron chi connectivity index (χ2n) is 28.8. The van der Waals surface area contributed by atoms with Crippen molar-refractivity contribution in [2.75, 3.05) is 26.6 Å². The highest BCUT2D eigenvalue weighted by Gasteiger charge is 2.23. The molecule has 0 saturated carbocycles. The average molecular weight is 1780 g/mol. The fraction of sp³-hybridized carbons (Fsp3) is 0.542. The Morgan fingerprint density at radius 3 is 0.650 bits per heavy atom. The number of aliphatic hydroxyl groups excluding tert-OH is 2. The summed E-state index contributed by atoms with van der Waals surface area (Å²) >= 11 is 17.3. The van der Waals surface area contributed by atoms with Crippen molar-refractivity contribution in [2.24, 2.45) is 11.5 Å². The molecule has 8 rings (SSSR count). The van der Waals surface area contributed by atoms with Gasteiger partial charge in [0.2, 0.25) is 22.2 Å². The summed E-state index contributed by atoms with van der Waals surface area (Å²) < 4.78 is 18.6. The van der Waals surface area contributed by atoms with E-state index in [4.69, 9.17) is 44.9 Å². The number of ketones is 2. The Bertz CT molecular complexity index is 3930. The lowest BCUT2D eigenvalue weighted by molar-refractivity contribution is -0.708. The highest BCUT2D eigenvalue weighted by molar-refractivity contribution is 8.75. The molecule has 0 amide bonds. The number of carbonyl (C=O) groups is 4. The van der Waals surface area contributed by atoms with Gasteiger partial charge in [-0.3, -0.25) is 19.2 Å². The number of pyridine rings is 8. The van der Waals surface area contributed by atoms with Crippen LogP contribution in [-0.4, -0.2) is 69.9 Å². The minimum absolute atomic E-state index is 0. The zero-order valence-electron chi connectivity index (χ0n) is 79.5. The molecule has 120 heavy (non-hydrogen) atoms. The van der Waals surface area contributed by atoms with E-state index in [2.05, 4.69) is 346 Å². The fourth-order valence-corrected chi connectivity index (χ4v) is 17.1. The molecule has 674 valence electrons. The van der Waals surface area contributed by atoms with Crippen LogP contribution < -0.4 is 48.0 Å². The van der Waals surface area contributed by atoms with Gasteiger partial charge in [-0.1, -0.05) is 62.3 Å². The lowest BCUT2D eigenvalue weighted by Gasteiger charge is -2.08. The average Bonchev–Trinajstić information content (AvgIpc) is 0.857. The molecule has 10 N–H and O–H groups in total. The highest BCUT2D eigenvalue weighted by Crippen LogP contribution is 2.23. The lowest BCUT2D eigenvalue weighted by Crippen LogP contribution is -2.43. The SMILES string of the molecule is CCN.CCc1cc(C)cc(C)[n+]1CC.CCc1cc(C)cc(C)[n+]1CC.CCc1cc(C)cc(C)[n+]1CC.CCc1cc(C)cc(C)[n+]1CCC(=O)CC(=O)CC[n+]1c(C)cc(C)cc1CC.CCc1cc(C)cc(C)[n+]1CS.CCc1cc(C)cc(C)[n+]1CSSC[n+]1c(C)cc(C)cc1CC.CO.CO.NCS.O.O.O=C(Cl)CC(=O)Cl. The van der Waals surface area contributed by atoms with E-state index in [1.54, 1.807) is 0 Å². The number of carbonyl (C=O) groups excluding carboxylic acids is 4. The zero-order valence-corrected chi connectivity index (χ0v) is 84.5. The fourth-order valence-electron chi connectivity index (χ4n) is 14.2. The molecule has 0 radical (unpaired) electrons. The predicted octanol–water partition coefficient (Wildman–Crippen LogP) is 15.1. The number of halogens is 2. The first-order valence-corrected chi connectivity index (χ1v) is 46.6. The maximum Gasteiger partial charge on any atom is 0.230 e. The van der Waals surface area contributed by atoms with Crippen molar-refractivity contribution in [1.82, 2.24) is 0 Å². The van der Waals surface area contributed by atoms with Crippen LogP contribution in [0.4, 0.5) is 0 Å². The first kappa shape index (κ1) is 122. The molecule has 8 aromatic heterocycles. The third-order valence-corrected chi connectivity index (χ3v) is 21.7. The van der Waals surface area contributed by atoms with Crippen molar-refractivity contribution in [3.05, 3.63) is 233 Å². The van der Waals surface area contributed by atoms with Gasteiger partial charge in [0.15, 0.2) is 110 Å². The minimum atomic E-state index is -0.722. The summed E-state index contributed by atoms with van der Waals surface area (Å²) in [5, 5.41) is 12.6. The first-order chi connectivity index (χ1) is 55.9. The Hall–Kier alpha value is -6.38. The van der Waals surface area contributed by atoms with Crippen LogP contribution in [0.2, 0.25) is 0 Å². The van der Waals surface area contributed by atoms with Crippen LogP contribution in [0, 0.1) is 111 Å². The molecule has 0 spiro atoms. The lowest BCUT2D eigenvalue weighted by atomic mass is 10.1. The van der Waals surface area contributed by atoms with Gasteiger partial charge in [-0.05, 0) is 172 Å². The molecule has 0 fully saturated rings. The van der Waals surface area contributed by atoms with Gasteiger partial charge in [-0.2, -0.15) is 35.5 Å². The Kier molecular flexibility index (Phi) is 71.2. The number of aromatic nitrogens is 8. The highest BCUT2D eigenvalue weighted by atomic mass is 35.5. The van der Waals surface area contributed by atoms with E-state index in [1.165, 1.54) is 136 Å². The van der Waals surface area contributed by atoms with Crippen molar-refractivity contribution >= 4 is 92.1 Å². The number of aryl methyl sites for hydroxylation is 24. The second-order valence-corrected chi connectivity index (χ2v) is 32.7. The van der Waals surface area contributed by atoms with Crippen LogP contribution in [0.1, 0.15) is 244 Å². The number of thiol groups is 2. The topological polar surface area (TPSA) is 255 Å². The smallest absolute Gasteiger partial charge is 0.230 e. The number of hydrogen-bond acceptors (Lipinski definition) is 12. The number of rotatable bonds is 27. The van der Waals surface area contributed by atoms with Gasteiger partial charge < -0.3 is 32.6 Å². The summed E-state index contributed by atoms with van der Waals surface area (Å²) in [4.78, 5) is 44.2. The van der Waals surface area contributed by atoms with E-state index in [9.17, 15) is 19.2 Å². The van der Waals surface area contributed by atoms with Crippen molar-refractivity contribution in [3.8, 4) is 0 Å². The second kappa shape index (κ2) is 70.0. The third-order valence-electron chi connectivity index (χ3n) is 19.2. The maximum atomic E-state index is 12.4. The molecule has 8 heterocycles. The molecular weight excluding hydrogens is 1620 g/mol. The Labute approximate surface area is 755 Å². The summed E-state index contributed by atoms with van der Waals surface area (Å²) in [5.41, 5.74) is 41.7. The molecule has 8 aromatic rings. The maximum absolute atomic E-state index is 12.4. The first-order valence-electron chi connectivity index (χ1n) is 42.1. The number of nitrogens with two attached hydrogens (primary N) is 2. The third kappa shape index (κ3) is 46.9. The van der Waals surface area contributed by atoms with E-state index < -0.39 is 10.5 Å². The van der Waals surface area contributed by atoms with Crippen molar-refractivity contribution in [2.45, 2.75) is 321 Å². The molecule has 0 saturated heterocycles. The van der Waals surface area contributed by atoms with Gasteiger partial charge in [0.25, 0.3) is 0 Å². The molecule has 0 unspecified atom stereocenters. The van der Waals surface area contributed by atoms with E-state index >= 15 is 0 Å². The Balaban J connectivity index is -0.000000437. The zero-order chi connectivity index (χ0) is 91.1. The number of aliphatic hydroxyl groups is 2. The largest absolute Gasteiger partial charge is 0.412 e. The van der Waals surface area contributed by atoms with Crippen molar-refractivity contribution in [3.63, 3.8) is 0 Å². The van der Waals surface area contributed by atoms with Crippen LogP contribution >= 0.6 is 70.0 Å². The van der Waals surface area contributed by atoms with Gasteiger partial charge >= 0.3 is 0 Å². The van der Waals surface area contributed by atoms with E-state index in [-0.39, 0.29) is 35.4 Å². The predicted molar refractivity (Wildman–Crippen MR) is 512 cm³/mol. The monoisotopic (exact) mass is 1780 g/mol. The van der Waals surface area contributed by atoms with Gasteiger partial charge in [-0.25, -0.2) is 13.7 Å². The molecule has 0 aliphatic heterocycles. The quantitative estimate of drug-likeness (QED) is 0.00540. The summed E-state index contributed by atoms with van der Waals surface area (Å²) in [7, 11) is 5.88. The number of hydrogen-bond donors (Lipinski definition) is 6. The standard InChI is InChI=1S/C25H36N2O2.C20H30N2S2.3C11H18N.C10H15NS.C3H2Cl2O2.C2H7N.CH5NS.2CH4O.2H2O/c1-7-22-15-18(3)13-20(5)26(22)11-9-24(28)17-25(29)10-12-27-21(6)14-19(4)16-23(27)8-2;1-7-19-11-15(3)9-17(5)21(19)13-23-24-14-22-18(6)10-16(4)12-20(22)8-2;3*1-5-11-8-9(3)7-10(4)12(11)6-2;1-4-10-6-8(2)5-9(3)11(10)7-12;4-2(6)1-3(5)7;1-2-3;2-1-3;2*1-2;;/h13-16H,7-12,17H2,1-6H3;9-12H,7-8,13-14H2,1-6H3;3*7-8H,5-6H2,1-4H3;5-6H,4,7H2,1-3H3;1H2;2-3H2,1H3;3H,1-2H2;2*2H,1H3;2*1H2/q2*+2;3*+1;;;;;;;;/p+1. The van der Waals surface area contributed by atoms with Crippen molar-refractivity contribution in [1.29, 1.82) is 0 Å². The van der Waals surface area contributed by atoms with E-state index in [1.807, 2.05) is 28.5 Å². The molecule has 0 aromatic carbocycles. The Morgan fingerprint density at radius 1 is 0.308 bits per heavy atom.